The van der Waals surface area contributed by atoms with E-state index < -0.39 is 0 Å². The van der Waals surface area contributed by atoms with Crippen LogP contribution in [0.1, 0.15) is 66.7 Å². The highest BCUT2D eigenvalue weighted by Crippen LogP contribution is 2.42. The summed E-state index contributed by atoms with van der Waals surface area (Å²) in [5, 5.41) is 0. The molecule has 0 aromatic carbocycles. The van der Waals surface area contributed by atoms with E-state index in [-0.39, 0.29) is 18.3 Å². The molecular weight excluding hydrogens is 223 g/mol. The van der Waals surface area contributed by atoms with Gasteiger partial charge in [0.05, 0.1) is 11.2 Å². The van der Waals surface area contributed by atoms with Gasteiger partial charge in [-0.05, 0) is 39.9 Å². The van der Waals surface area contributed by atoms with Crippen LogP contribution in [0.2, 0.25) is 5.82 Å². The van der Waals surface area contributed by atoms with Crippen LogP contribution in [0.25, 0.3) is 0 Å². The van der Waals surface area contributed by atoms with Gasteiger partial charge in [-0.1, -0.05) is 38.7 Å². The summed E-state index contributed by atoms with van der Waals surface area (Å²) in [4.78, 5) is 0. The lowest BCUT2D eigenvalue weighted by atomic mass is 9.67. The van der Waals surface area contributed by atoms with Crippen LogP contribution < -0.4 is 0 Å². The molecule has 0 saturated carbocycles. The van der Waals surface area contributed by atoms with E-state index in [2.05, 4.69) is 41.2 Å². The molecule has 1 aliphatic rings. The van der Waals surface area contributed by atoms with Gasteiger partial charge < -0.3 is 9.31 Å². The minimum Gasteiger partial charge on any atom is -0.403 e. The molecule has 0 spiro atoms. The van der Waals surface area contributed by atoms with Gasteiger partial charge in [0.1, 0.15) is 0 Å². The van der Waals surface area contributed by atoms with Crippen molar-refractivity contribution in [1.29, 1.82) is 0 Å². The molecule has 0 amide bonds. The zero-order chi connectivity index (χ0) is 13.8. The summed E-state index contributed by atoms with van der Waals surface area (Å²) in [7, 11) is -0.0788. The zero-order valence-electron chi connectivity index (χ0n) is 12.8. The van der Waals surface area contributed by atoms with Crippen LogP contribution in [0.4, 0.5) is 0 Å². The van der Waals surface area contributed by atoms with Crippen molar-refractivity contribution in [3.05, 3.63) is 12.7 Å². The number of hydrogen-bond donors (Lipinski definition) is 0. The van der Waals surface area contributed by atoms with E-state index in [1.165, 1.54) is 19.3 Å². The minimum atomic E-state index is -0.220. The topological polar surface area (TPSA) is 18.5 Å². The van der Waals surface area contributed by atoms with Crippen molar-refractivity contribution in [2.75, 3.05) is 0 Å². The van der Waals surface area contributed by atoms with Crippen molar-refractivity contribution in [3.8, 4) is 0 Å². The molecule has 2 nitrogen and oxygen atoms in total. The third-order valence-electron chi connectivity index (χ3n) is 4.30. The molecule has 0 N–H and O–H groups in total. The second-order valence-electron chi connectivity index (χ2n) is 6.40. The predicted octanol–water partition coefficient (Wildman–Crippen LogP) is 4.61. The molecule has 1 atom stereocenters. The first-order valence-electron chi connectivity index (χ1n) is 7.30. The molecule has 1 saturated heterocycles. The Labute approximate surface area is 113 Å². The summed E-state index contributed by atoms with van der Waals surface area (Å²) in [6, 6.07) is 0. The molecule has 1 fully saturated rings. The summed E-state index contributed by atoms with van der Waals surface area (Å²) in [6.45, 7) is 14.6. The number of hydrogen-bond acceptors (Lipinski definition) is 2. The fourth-order valence-corrected chi connectivity index (χ4v) is 2.32. The van der Waals surface area contributed by atoms with Crippen LogP contribution >= 0.6 is 0 Å². The van der Waals surface area contributed by atoms with E-state index in [0.29, 0.717) is 5.82 Å². The Bertz CT molecular complexity index is 258. The van der Waals surface area contributed by atoms with Gasteiger partial charge in [0.2, 0.25) is 0 Å². The van der Waals surface area contributed by atoms with Gasteiger partial charge in [-0.25, -0.2) is 0 Å². The monoisotopic (exact) mass is 252 g/mol. The van der Waals surface area contributed by atoms with E-state index in [1.807, 2.05) is 6.08 Å². The normalized spacial score (nSPS) is 23.1. The van der Waals surface area contributed by atoms with Crippen LogP contribution in [-0.4, -0.2) is 18.3 Å². The standard InChI is InChI=1S/C15H29BO2/c1-7-9-10-12-13(11-8-2)16-17-14(3,4)15(5,6)18-16/h8,13H,2,7,9-12H2,1,3-6H3. The van der Waals surface area contributed by atoms with Crippen LogP contribution in [-0.2, 0) is 9.31 Å². The maximum Gasteiger partial charge on any atom is 0.461 e. The highest BCUT2D eigenvalue weighted by molar-refractivity contribution is 6.47. The molecule has 0 bridgehead atoms. The second-order valence-corrected chi connectivity index (χ2v) is 6.40. The van der Waals surface area contributed by atoms with Gasteiger partial charge in [-0.3, -0.25) is 0 Å². The lowest BCUT2D eigenvalue weighted by Crippen LogP contribution is -2.41. The molecule has 1 aliphatic heterocycles. The van der Waals surface area contributed by atoms with E-state index in [9.17, 15) is 0 Å². The van der Waals surface area contributed by atoms with Gasteiger partial charge in [-0.2, -0.15) is 0 Å². The molecular formula is C15H29BO2. The fraction of sp³-hybridized carbons (Fsp3) is 0.867. The molecule has 18 heavy (non-hydrogen) atoms. The Hall–Kier alpha value is -0.275. The lowest BCUT2D eigenvalue weighted by Gasteiger charge is -2.32. The maximum absolute atomic E-state index is 6.14. The summed E-state index contributed by atoms with van der Waals surface area (Å²) in [5.41, 5.74) is -0.441. The Kier molecular flexibility index (Phi) is 5.48. The molecule has 104 valence electrons. The second kappa shape index (κ2) is 6.25. The van der Waals surface area contributed by atoms with E-state index in [1.54, 1.807) is 0 Å². The van der Waals surface area contributed by atoms with Gasteiger partial charge in [0, 0.05) is 0 Å². The third-order valence-corrected chi connectivity index (χ3v) is 4.30. The van der Waals surface area contributed by atoms with Crippen molar-refractivity contribution in [1.82, 2.24) is 0 Å². The van der Waals surface area contributed by atoms with E-state index in [4.69, 9.17) is 9.31 Å². The average molecular weight is 252 g/mol. The highest BCUT2D eigenvalue weighted by atomic mass is 16.7. The van der Waals surface area contributed by atoms with Crippen molar-refractivity contribution in [2.24, 2.45) is 0 Å². The SMILES string of the molecule is C=CCC(CCCCC)B1OC(C)(C)C(C)(C)O1. The van der Waals surface area contributed by atoms with Gasteiger partial charge in [0.25, 0.3) is 0 Å². The van der Waals surface area contributed by atoms with E-state index >= 15 is 0 Å². The van der Waals surface area contributed by atoms with Gasteiger partial charge >= 0.3 is 7.12 Å². The quantitative estimate of drug-likeness (QED) is 0.374. The molecule has 3 heteroatoms. The maximum atomic E-state index is 6.14. The molecule has 1 rings (SSSR count). The first kappa shape index (κ1) is 15.8. The summed E-state index contributed by atoms with van der Waals surface area (Å²) in [5.74, 6) is 0.440. The first-order chi connectivity index (χ1) is 8.34. The van der Waals surface area contributed by atoms with Crippen LogP contribution in [0.5, 0.6) is 0 Å². The molecule has 0 radical (unpaired) electrons. The Morgan fingerprint density at radius 2 is 1.67 bits per heavy atom. The summed E-state index contributed by atoms with van der Waals surface area (Å²) >= 11 is 0. The van der Waals surface area contributed by atoms with Crippen molar-refractivity contribution < 1.29 is 9.31 Å². The molecule has 0 aromatic heterocycles. The third kappa shape index (κ3) is 3.61. The summed E-state index contributed by atoms with van der Waals surface area (Å²) < 4.78 is 12.3. The molecule has 0 aromatic rings. The van der Waals surface area contributed by atoms with Crippen LogP contribution in [0.15, 0.2) is 12.7 Å². The predicted molar refractivity (Wildman–Crippen MR) is 78.8 cm³/mol. The van der Waals surface area contributed by atoms with Crippen LogP contribution in [0.3, 0.4) is 0 Å². The molecule has 1 unspecified atom stereocenters. The number of unbranched alkanes of at least 4 members (excludes halogenated alkanes) is 2. The fourth-order valence-electron chi connectivity index (χ4n) is 2.32. The van der Waals surface area contributed by atoms with E-state index in [0.717, 1.165) is 12.8 Å². The van der Waals surface area contributed by atoms with Gasteiger partial charge in [-0.15, -0.1) is 6.58 Å². The smallest absolute Gasteiger partial charge is 0.403 e. The Morgan fingerprint density at radius 3 is 2.11 bits per heavy atom. The average Bonchev–Trinajstić information content (AvgIpc) is 2.47. The van der Waals surface area contributed by atoms with Crippen LogP contribution in [0, 0.1) is 0 Å². The molecule has 1 heterocycles. The number of allylic oxidation sites excluding steroid dienone is 1. The Morgan fingerprint density at radius 1 is 1.11 bits per heavy atom. The van der Waals surface area contributed by atoms with Crippen molar-refractivity contribution in [2.45, 2.75) is 83.7 Å². The Balaban J connectivity index is 2.62. The molecule has 0 aliphatic carbocycles. The van der Waals surface area contributed by atoms with Crippen molar-refractivity contribution >= 4 is 7.12 Å². The first-order valence-corrected chi connectivity index (χ1v) is 7.30. The highest BCUT2D eigenvalue weighted by Gasteiger charge is 2.53. The van der Waals surface area contributed by atoms with Crippen molar-refractivity contribution in [3.63, 3.8) is 0 Å². The minimum absolute atomic E-state index is 0.0788. The summed E-state index contributed by atoms with van der Waals surface area (Å²) in [6.07, 6.45) is 7.91. The van der Waals surface area contributed by atoms with Gasteiger partial charge in [0.15, 0.2) is 0 Å². The number of rotatable bonds is 7. The largest absolute Gasteiger partial charge is 0.461 e. The lowest BCUT2D eigenvalue weighted by molar-refractivity contribution is 0.00578. The zero-order valence-corrected chi connectivity index (χ0v) is 12.8.